The van der Waals surface area contributed by atoms with Crippen LogP contribution >= 0.6 is 0 Å². The Morgan fingerprint density at radius 1 is 1.10 bits per heavy atom. The molecule has 1 fully saturated rings. The highest BCUT2D eigenvalue weighted by Crippen LogP contribution is 2.33. The normalized spacial score (nSPS) is 18.0. The van der Waals surface area contributed by atoms with Gasteiger partial charge in [0, 0.05) is 6.54 Å². The van der Waals surface area contributed by atoms with E-state index in [0.717, 1.165) is 18.4 Å². The molecule has 0 aliphatic carbocycles. The van der Waals surface area contributed by atoms with E-state index in [9.17, 15) is 13.6 Å². The maximum atomic E-state index is 13.8. The minimum absolute atomic E-state index is 0.0702. The maximum Gasteiger partial charge on any atom is 0.257 e. The number of nitrogens with zero attached hydrogens (tertiary/aromatic N) is 1. The summed E-state index contributed by atoms with van der Waals surface area (Å²) in [5.41, 5.74) is 0.831. The number of benzene rings is 2. The molecule has 1 heterocycles. The third-order valence-electron chi connectivity index (χ3n) is 3.85. The molecule has 2 aromatic carbocycles. The third kappa shape index (κ3) is 2.66. The quantitative estimate of drug-likeness (QED) is 0.819. The lowest BCUT2D eigenvalue weighted by Gasteiger charge is -2.25. The third-order valence-corrected chi connectivity index (χ3v) is 3.85. The summed E-state index contributed by atoms with van der Waals surface area (Å²) >= 11 is 0. The van der Waals surface area contributed by atoms with Crippen molar-refractivity contribution in [2.75, 3.05) is 6.54 Å². The lowest BCUT2D eigenvalue weighted by Crippen LogP contribution is -2.31. The molecule has 0 spiro atoms. The molecule has 1 aliphatic heterocycles. The molecular weight excluding hydrogens is 272 g/mol. The van der Waals surface area contributed by atoms with Crippen LogP contribution in [0.5, 0.6) is 0 Å². The van der Waals surface area contributed by atoms with Crippen molar-refractivity contribution in [3.63, 3.8) is 0 Å². The van der Waals surface area contributed by atoms with Gasteiger partial charge in [-0.3, -0.25) is 4.79 Å². The number of halogens is 2. The summed E-state index contributed by atoms with van der Waals surface area (Å²) in [5, 5.41) is 0. The van der Waals surface area contributed by atoms with Crippen LogP contribution in [0.4, 0.5) is 8.78 Å². The summed E-state index contributed by atoms with van der Waals surface area (Å²) < 4.78 is 27.2. The van der Waals surface area contributed by atoms with Gasteiger partial charge in [-0.2, -0.15) is 0 Å². The molecule has 0 unspecified atom stereocenters. The van der Waals surface area contributed by atoms with Crippen LogP contribution in [0, 0.1) is 11.6 Å². The zero-order chi connectivity index (χ0) is 14.8. The van der Waals surface area contributed by atoms with E-state index < -0.39 is 5.82 Å². The van der Waals surface area contributed by atoms with Gasteiger partial charge in [-0.1, -0.05) is 24.3 Å². The number of likely N-dealkylation sites (tertiary alicyclic amines) is 1. The van der Waals surface area contributed by atoms with Gasteiger partial charge < -0.3 is 4.90 Å². The van der Waals surface area contributed by atoms with Crippen LogP contribution in [-0.2, 0) is 0 Å². The zero-order valence-electron chi connectivity index (χ0n) is 11.4. The van der Waals surface area contributed by atoms with Crippen molar-refractivity contribution < 1.29 is 13.6 Å². The van der Waals surface area contributed by atoms with Crippen LogP contribution in [0.2, 0.25) is 0 Å². The second kappa shape index (κ2) is 5.64. The van der Waals surface area contributed by atoms with E-state index in [1.54, 1.807) is 29.2 Å². The first-order valence-corrected chi connectivity index (χ1v) is 6.98. The van der Waals surface area contributed by atoms with E-state index in [0.29, 0.717) is 6.54 Å². The molecule has 0 saturated carbocycles. The van der Waals surface area contributed by atoms with Crippen molar-refractivity contribution in [3.8, 4) is 0 Å². The topological polar surface area (TPSA) is 20.3 Å². The van der Waals surface area contributed by atoms with E-state index in [4.69, 9.17) is 0 Å². The number of carbonyl (C=O) groups is 1. The van der Waals surface area contributed by atoms with Gasteiger partial charge in [0.25, 0.3) is 5.91 Å². The smallest absolute Gasteiger partial charge is 0.257 e. The number of rotatable bonds is 2. The predicted octanol–water partition coefficient (Wildman–Crippen LogP) is 3.94. The van der Waals surface area contributed by atoms with Crippen molar-refractivity contribution in [2.24, 2.45) is 0 Å². The SMILES string of the molecule is O=C(c1ccccc1F)N1CCC[C@H]1c1cccc(F)c1. The Balaban J connectivity index is 1.91. The molecule has 0 bridgehead atoms. The summed E-state index contributed by atoms with van der Waals surface area (Å²) in [7, 11) is 0. The van der Waals surface area contributed by atoms with Crippen molar-refractivity contribution in [1.82, 2.24) is 4.90 Å². The first-order valence-electron chi connectivity index (χ1n) is 6.98. The van der Waals surface area contributed by atoms with Gasteiger partial charge >= 0.3 is 0 Å². The molecule has 1 amide bonds. The molecule has 0 aromatic heterocycles. The molecule has 1 aliphatic rings. The Kier molecular flexibility index (Phi) is 3.69. The van der Waals surface area contributed by atoms with Crippen LogP contribution in [-0.4, -0.2) is 17.4 Å². The second-order valence-corrected chi connectivity index (χ2v) is 5.19. The lowest BCUT2D eigenvalue weighted by atomic mass is 10.0. The standard InChI is InChI=1S/C17H15F2NO/c18-13-6-3-5-12(11-13)16-9-4-10-20(16)17(21)14-7-1-2-8-15(14)19/h1-3,5-8,11,16H,4,9-10H2/t16-/m0/s1. The van der Waals surface area contributed by atoms with E-state index in [2.05, 4.69) is 0 Å². The molecule has 0 radical (unpaired) electrons. The van der Waals surface area contributed by atoms with Gasteiger partial charge in [0.15, 0.2) is 0 Å². The fourth-order valence-electron chi connectivity index (χ4n) is 2.86. The fourth-order valence-corrected chi connectivity index (χ4v) is 2.86. The number of hydrogen-bond donors (Lipinski definition) is 0. The summed E-state index contributed by atoms with van der Waals surface area (Å²) in [6, 6.07) is 12.0. The molecule has 21 heavy (non-hydrogen) atoms. The molecule has 1 atom stereocenters. The van der Waals surface area contributed by atoms with Gasteiger partial charge in [0.05, 0.1) is 11.6 Å². The second-order valence-electron chi connectivity index (χ2n) is 5.19. The molecule has 0 N–H and O–H groups in total. The number of amides is 1. The predicted molar refractivity (Wildman–Crippen MR) is 75.8 cm³/mol. The summed E-state index contributed by atoms with van der Waals surface area (Å²) in [6.45, 7) is 0.564. The highest BCUT2D eigenvalue weighted by Gasteiger charge is 2.31. The average molecular weight is 287 g/mol. The molecule has 2 aromatic rings. The van der Waals surface area contributed by atoms with Crippen molar-refractivity contribution in [2.45, 2.75) is 18.9 Å². The van der Waals surface area contributed by atoms with Gasteiger partial charge in [-0.15, -0.1) is 0 Å². The Morgan fingerprint density at radius 2 is 1.90 bits per heavy atom. The van der Waals surface area contributed by atoms with Crippen molar-refractivity contribution in [3.05, 3.63) is 71.3 Å². The Bertz CT molecular complexity index is 671. The van der Waals surface area contributed by atoms with Gasteiger partial charge in [0.1, 0.15) is 11.6 Å². The Hall–Kier alpha value is -2.23. The van der Waals surface area contributed by atoms with Gasteiger partial charge in [0.2, 0.25) is 0 Å². The highest BCUT2D eigenvalue weighted by molar-refractivity contribution is 5.95. The van der Waals surface area contributed by atoms with Gasteiger partial charge in [-0.25, -0.2) is 8.78 Å². The van der Waals surface area contributed by atoms with Crippen molar-refractivity contribution >= 4 is 5.91 Å². The molecule has 2 nitrogen and oxygen atoms in total. The molecular formula is C17H15F2NO. The van der Waals surface area contributed by atoms with E-state index in [1.165, 1.54) is 24.3 Å². The monoisotopic (exact) mass is 287 g/mol. The van der Waals surface area contributed by atoms with Crippen LogP contribution in [0.15, 0.2) is 48.5 Å². The van der Waals surface area contributed by atoms with Crippen LogP contribution in [0.1, 0.15) is 34.8 Å². The maximum absolute atomic E-state index is 13.8. The van der Waals surface area contributed by atoms with Crippen LogP contribution in [0.25, 0.3) is 0 Å². The first kappa shape index (κ1) is 13.7. The molecule has 3 rings (SSSR count). The first-order chi connectivity index (χ1) is 10.2. The number of hydrogen-bond acceptors (Lipinski definition) is 1. The molecule has 108 valence electrons. The van der Waals surface area contributed by atoms with Crippen LogP contribution in [0.3, 0.4) is 0 Å². The Labute approximate surface area is 122 Å². The summed E-state index contributed by atoms with van der Waals surface area (Å²) in [6.07, 6.45) is 1.60. The van der Waals surface area contributed by atoms with E-state index >= 15 is 0 Å². The minimum atomic E-state index is -0.521. The summed E-state index contributed by atoms with van der Waals surface area (Å²) in [5.74, 6) is -1.18. The number of carbonyl (C=O) groups excluding carboxylic acids is 1. The summed E-state index contributed by atoms with van der Waals surface area (Å²) in [4.78, 5) is 14.2. The van der Waals surface area contributed by atoms with Crippen molar-refractivity contribution in [1.29, 1.82) is 0 Å². The van der Waals surface area contributed by atoms with E-state index in [-0.39, 0.29) is 23.3 Å². The van der Waals surface area contributed by atoms with Gasteiger partial charge in [-0.05, 0) is 42.7 Å². The minimum Gasteiger partial charge on any atom is -0.332 e. The lowest BCUT2D eigenvalue weighted by molar-refractivity contribution is 0.0730. The average Bonchev–Trinajstić information content (AvgIpc) is 2.96. The highest BCUT2D eigenvalue weighted by atomic mass is 19.1. The fraction of sp³-hybridized carbons (Fsp3) is 0.235. The van der Waals surface area contributed by atoms with E-state index in [1.807, 2.05) is 0 Å². The molecule has 1 saturated heterocycles. The molecule has 4 heteroatoms. The Morgan fingerprint density at radius 3 is 2.67 bits per heavy atom. The zero-order valence-corrected chi connectivity index (χ0v) is 11.4. The van der Waals surface area contributed by atoms with Crippen LogP contribution < -0.4 is 0 Å². The largest absolute Gasteiger partial charge is 0.332 e.